The second-order valence-electron chi connectivity index (χ2n) is 7.64. The van der Waals surface area contributed by atoms with E-state index in [1.165, 1.54) is 64.6 Å². The Balaban J connectivity index is 1.74. The number of hydrogen-bond acceptors (Lipinski definition) is 3. The molecule has 1 aliphatic carbocycles. The highest BCUT2D eigenvalue weighted by Gasteiger charge is 2.46. The lowest BCUT2D eigenvalue weighted by Crippen LogP contribution is -2.64. The first-order chi connectivity index (χ1) is 9.67. The second kappa shape index (κ2) is 5.94. The van der Waals surface area contributed by atoms with E-state index in [1.54, 1.807) is 0 Å². The lowest BCUT2D eigenvalue weighted by molar-refractivity contribution is -0.0500. The van der Waals surface area contributed by atoms with Crippen LogP contribution in [0, 0.1) is 11.8 Å². The molecule has 3 nitrogen and oxygen atoms in total. The van der Waals surface area contributed by atoms with Crippen molar-refractivity contribution in [1.82, 2.24) is 9.80 Å². The van der Waals surface area contributed by atoms with Gasteiger partial charge in [-0.3, -0.25) is 4.90 Å². The van der Waals surface area contributed by atoms with Crippen LogP contribution < -0.4 is 5.73 Å². The zero-order valence-electron chi connectivity index (χ0n) is 13.5. The third-order valence-corrected chi connectivity index (χ3v) is 6.74. The Morgan fingerprint density at radius 1 is 1.10 bits per heavy atom. The zero-order valence-corrected chi connectivity index (χ0v) is 13.5. The molecule has 3 rings (SSSR count). The Labute approximate surface area is 124 Å². The number of fused-ring (bicyclic) bond motifs is 1. The minimum Gasteiger partial charge on any atom is -0.329 e. The maximum Gasteiger partial charge on any atom is 0.0357 e. The number of nitrogens with two attached hydrogens (primary N) is 1. The largest absolute Gasteiger partial charge is 0.329 e. The maximum atomic E-state index is 6.30. The maximum absolute atomic E-state index is 6.30. The van der Waals surface area contributed by atoms with E-state index in [0.29, 0.717) is 5.54 Å². The van der Waals surface area contributed by atoms with Gasteiger partial charge in [0, 0.05) is 31.2 Å². The molecular weight excluding hydrogens is 246 g/mol. The van der Waals surface area contributed by atoms with Gasteiger partial charge in [0.05, 0.1) is 0 Å². The highest BCUT2D eigenvalue weighted by molar-refractivity contribution is 5.02. The van der Waals surface area contributed by atoms with Gasteiger partial charge in [-0.05, 0) is 57.5 Å². The summed E-state index contributed by atoms with van der Waals surface area (Å²) in [6, 6.07) is 0.841. The summed E-state index contributed by atoms with van der Waals surface area (Å²) in [6.07, 6.45) is 9.67. The van der Waals surface area contributed by atoms with E-state index < -0.39 is 0 Å². The molecule has 0 radical (unpaired) electrons. The highest BCUT2D eigenvalue weighted by Crippen LogP contribution is 2.41. The van der Waals surface area contributed by atoms with Crippen LogP contribution in [0.2, 0.25) is 0 Å². The SMILES string of the molecule is CC1CCCCC1(CN)N1CCC2C(CCCN2C)C1. The molecule has 2 heterocycles. The molecule has 3 heteroatoms. The summed E-state index contributed by atoms with van der Waals surface area (Å²) in [5.41, 5.74) is 6.62. The Bertz CT molecular complexity index is 332. The molecule has 20 heavy (non-hydrogen) atoms. The fraction of sp³-hybridized carbons (Fsp3) is 1.00. The molecule has 3 aliphatic rings. The summed E-state index contributed by atoms with van der Waals surface area (Å²) in [7, 11) is 2.33. The third-order valence-electron chi connectivity index (χ3n) is 6.74. The van der Waals surface area contributed by atoms with Crippen LogP contribution in [-0.4, -0.2) is 54.6 Å². The van der Waals surface area contributed by atoms with Crippen LogP contribution >= 0.6 is 0 Å². The Kier molecular flexibility index (Phi) is 4.40. The fourth-order valence-electron chi connectivity index (χ4n) is 5.36. The van der Waals surface area contributed by atoms with Crippen molar-refractivity contribution in [3.63, 3.8) is 0 Å². The molecule has 0 aromatic heterocycles. The van der Waals surface area contributed by atoms with E-state index >= 15 is 0 Å². The topological polar surface area (TPSA) is 32.5 Å². The Hall–Kier alpha value is -0.120. The van der Waals surface area contributed by atoms with E-state index in [4.69, 9.17) is 5.73 Å². The quantitative estimate of drug-likeness (QED) is 0.842. The van der Waals surface area contributed by atoms with E-state index in [1.807, 2.05) is 0 Å². The van der Waals surface area contributed by atoms with Gasteiger partial charge >= 0.3 is 0 Å². The van der Waals surface area contributed by atoms with Crippen molar-refractivity contribution in [1.29, 1.82) is 0 Å². The molecule has 3 fully saturated rings. The minimum atomic E-state index is 0.319. The van der Waals surface area contributed by atoms with E-state index in [0.717, 1.165) is 24.4 Å². The van der Waals surface area contributed by atoms with Crippen molar-refractivity contribution in [2.75, 3.05) is 33.2 Å². The Morgan fingerprint density at radius 3 is 2.70 bits per heavy atom. The van der Waals surface area contributed by atoms with Crippen molar-refractivity contribution in [2.24, 2.45) is 17.6 Å². The average molecular weight is 279 g/mol. The summed E-state index contributed by atoms with van der Waals surface area (Å²) in [6.45, 7) is 7.19. The standard InChI is InChI=1S/C17H33N3/c1-14-6-3-4-9-17(14,13-18)20-11-8-16-15(12-20)7-5-10-19(16)2/h14-16H,3-13,18H2,1-2H3. The van der Waals surface area contributed by atoms with Crippen LogP contribution in [0.5, 0.6) is 0 Å². The molecule has 116 valence electrons. The van der Waals surface area contributed by atoms with Gasteiger partial charge in [0.25, 0.3) is 0 Å². The number of hydrogen-bond donors (Lipinski definition) is 1. The molecule has 2 aliphatic heterocycles. The van der Waals surface area contributed by atoms with E-state index in [-0.39, 0.29) is 0 Å². The lowest BCUT2D eigenvalue weighted by atomic mass is 9.70. The normalized spacial score (nSPS) is 44.2. The molecule has 0 bridgehead atoms. The van der Waals surface area contributed by atoms with Crippen LogP contribution in [0.3, 0.4) is 0 Å². The first-order valence-electron chi connectivity index (χ1n) is 8.83. The van der Waals surface area contributed by atoms with Crippen molar-refractivity contribution in [2.45, 2.75) is 63.5 Å². The number of likely N-dealkylation sites (tertiary alicyclic amines) is 2. The fourth-order valence-corrected chi connectivity index (χ4v) is 5.36. The summed E-state index contributed by atoms with van der Waals surface area (Å²) in [5.74, 6) is 1.67. The summed E-state index contributed by atoms with van der Waals surface area (Å²) >= 11 is 0. The number of nitrogens with zero attached hydrogens (tertiary/aromatic N) is 2. The van der Waals surface area contributed by atoms with E-state index in [2.05, 4.69) is 23.8 Å². The first-order valence-corrected chi connectivity index (χ1v) is 8.83. The molecule has 0 amide bonds. The molecule has 2 N–H and O–H groups in total. The second-order valence-corrected chi connectivity index (χ2v) is 7.64. The smallest absolute Gasteiger partial charge is 0.0357 e. The highest BCUT2D eigenvalue weighted by atomic mass is 15.3. The van der Waals surface area contributed by atoms with Crippen LogP contribution in [0.4, 0.5) is 0 Å². The van der Waals surface area contributed by atoms with Crippen LogP contribution in [0.15, 0.2) is 0 Å². The zero-order chi connectivity index (χ0) is 14.2. The third kappa shape index (κ3) is 2.42. The molecule has 0 aromatic carbocycles. The summed E-state index contributed by atoms with van der Waals surface area (Å²) in [4.78, 5) is 5.43. The number of rotatable bonds is 2. The molecule has 4 atom stereocenters. The van der Waals surface area contributed by atoms with Gasteiger partial charge in [0.2, 0.25) is 0 Å². The minimum absolute atomic E-state index is 0.319. The monoisotopic (exact) mass is 279 g/mol. The van der Waals surface area contributed by atoms with Crippen molar-refractivity contribution < 1.29 is 0 Å². The summed E-state index contributed by atoms with van der Waals surface area (Å²) in [5, 5.41) is 0. The molecule has 4 unspecified atom stereocenters. The van der Waals surface area contributed by atoms with Gasteiger partial charge in [-0.15, -0.1) is 0 Å². The predicted molar refractivity (Wildman–Crippen MR) is 84.7 cm³/mol. The van der Waals surface area contributed by atoms with Crippen LogP contribution in [0.1, 0.15) is 51.9 Å². The molecule has 0 spiro atoms. The van der Waals surface area contributed by atoms with Crippen molar-refractivity contribution >= 4 is 0 Å². The number of piperidine rings is 2. The van der Waals surface area contributed by atoms with Gasteiger partial charge in [-0.25, -0.2) is 0 Å². The first kappa shape index (κ1) is 14.8. The van der Waals surface area contributed by atoms with Crippen molar-refractivity contribution in [3.05, 3.63) is 0 Å². The summed E-state index contributed by atoms with van der Waals surface area (Å²) < 4.78 is 0. The van der Waals surface area contributed by atoms with Gasteiger partial charge in [0.1, 0.15) is 0 Å². The lowest BCUT2D eigenvalue weighted by Gasteiger charge is -2.55. The molecular formula is C17H33N3. The van der Waals surface area contributed by atoms with Gasteiger partial charge in [0.15, 0.2) is 0 Å². The average Bonchev–Trinajstić information content (AvgIpc) is 2.48. The van der Waals surface area contributed by atoms with Crippen LogP contribution in [-0.2, 0) is 0 Å². The van der Waals surface area contributed by atoms with Crippen molar-refractivity contribution in [3.8, 4) is 0 Å². The predicted octanol–water partition coefficient (Wildman–Crippen LogP) is 2.31. The van der Waals surface area contributed by atoms with Crippen LogP contribution in [0.25, 0.3) is 0 Å². The van der Waals surface area contributed by atoms with E-state index in [9.17, 15) is 0 Å². The van der Waals surface area contributed by atoms with Gasteiger partial charge < -0.3 is 10.6 Å². The Morgan fingerprint density at radius 2 is 1.95 bits per heavy atom. The van der Waals surface area contributed by atoms with Gasteiger partial charge in [-0.2, -0.15) is 0 Å². The molecule has 2 saturated heterocycles. The molecule has 1 saturated carbocycles. The van der Waals surface area contributed by atoms with Gasteiger partial charge in [-0.1, -0.05) is 19.8 Å². The molecule has 0 aromatic rings.